The van der Waals surface area contributed by atoms with Crippen molar-refractivity contribution in [2.75, 3.05) is 0 Å². The van der Waals surface area contributed by atoms with Gasteiger partial charge in [-0.25, -0.2) is 0 Å². The van der Waals surface area contributed by atoms with Gasteiger partial charge in [0.25, 0.3) is 0 Å². The van der Waals surface area contributed by atoms with Crippen molar-refractivity contribution in [3.63, 3.8) is 0 Å². The van der Waals surface area contributed by atoms with Crippen LogP contribution in [0.3, 0.4) is 0 Å². The molecule has 4 aliphatic carbocycles. The van der Waals surface area contributed by atoms with E-state index in [1.54, 1.807) is 0 Å². The van der Waals surface area contributed by atoms with Gasteiger partial charge >= 0.3 is 5.97 Å². The molecular formula is C21H34O3. The average molecular weight is 335 g/mol. The maximum Gasteiger partial charge on any atom is 0.302 e. The monoisotopic (exact) mass is 334 g/mol. The third kappa shape index (κ3) is 2.45. The van der Waals surface area contributed by atoms with Crippen LogP contribution in [0.25, 0.3) is 0 Å². The predicted molar refractivity (Wildman–Crippen MR) is 93.3 cm³/mol. The minimum atomic E-state index is -0.155. The molecule has 0 bridgehead atoms. The van der Waals surface area contributed by atoms with Crippen LogP contribution in [0.4, 0.5) is 0 Å². The topological polar surface area (TPSA) is 46.5 Å². The number of fused-ring (bicyclic) bond motifs is 5. The third-order valence-corrected chi connectivity index (χ3v) is 8.75. The van der Waals surface area contributed by atoms with Gasteiger partial charge in [0.2, 0.25) is 0 Å². The molecule has 8 atom stereocenters. The molecule has 0 unspecified atom stereocenters. The smallest absolute Gasteiger partial charge is 0.302 e. The molecule has 4 fully saturated rings. The van der Waals surface area contributed by atoms with Gasteiger partial charge in [-0.05, 0) is 85.9 Å². The van der Waals surface area contributed by atoms with E-state index in [1.807, 2.05) is 0 Å². The van der Waals surface area contributed by atoms with E-state index in [-0.39, 0.29) is 18.2 Å². The quantitative estimate of drug-likeness (QED) is 0.726. The summed E-state index contributed by atoms with van der Waals surface area (Å²) in [6, 6.07) is 0. The largest absolute Gasteiger partial charge is 0.463 e. The number of aliphatic hydroxyl groups excluding tert-OH is 1. The fourth-order valence-corrected chi connectivity index (χ4v) is 7.52. The van der Waals surface area contributed by atoms with E-state index in [4.69, 9.17) is 4.74 Å². The molecule has 4 rings (SSSR count). The molecule has 3 heteroatoms. The standard InChI is InChI=1S/C21H34O3/c1-13(22)24-15-6-10-21(3)14(11-15)12-18(23)19-16-5-4-8-20(16,2)9-7-17(19)21/h14-19,23H,4-12H2,1-3H3/t14-,15-,16-,17-,18-,19+,20+,21+/m1/s1. The summed E-state index contributed by atoms with van der Waals surface area (Å²) >= 11 is 0. The average Bonchev–Trinajstić information content (AvgIpc) is 2.90. The maximum atomic E-state index is 11.3. The first-order chi connectivity index (χ1) is 11.3. The molecule has 3 nitrogen and oxygen atoms in total. The highest BCUT2D eigenvalue weighted by atomic mass is 16.5. The van der Waals surface area contributed by atoms with E-state index in [0.29, 0.717) is 28.6 Å². The summed E-state index contributed by atoms with van der Waals surface area (Å²) < 4.78 is 5.52. The fraction of sp³-hybridized carbons (Fsp3) is 0.952. The molecule has 0 aromatic heterocycles. The molecule has 0 aliphatic heterocycles. The molecule has 4 aliphatic rings. The summed E-state index contributed by atoms with van der Waals surface area (Å²) in [4.78, 5) is 11.3. The highest BCUT2D eigenvalue weighted by Crippen LogP contribution is 2.66. The molecule has 0 aromatic carbocycles. The van der Waals surface area contributed by atoms with Gasteiger partial charge in [-0.3, -0.25) is 4.79 Å². The molecular weight excluding hydrogens is 300 g/mol. The van der Waals surface area contributed by atoms with Crippen molar-refractivity contribution < 1.29 is 14.6 Å². The summed E-state index contributed by atoms with van der Waals surface area (Å²) in [6.45, 7) is 6.49. The Kier molecular flexibility index (Phi) is 4.02. The molecule has 0 spiro atoms. The van der Waals surface area contributed by atoms with Crippen LogP contribution >= 0.6 is 0 Å². The highest BCUT2D eigenvalue weighted by Gasteiger charge is 2.60. The van der Waals surface area contributed by atoms with Crippen LogP contribution in [0.5, 0.6) is 0 Å². The number of carbonyl (C=O) groups excluding carboxylic acids is 1. The Balaban J connectivity index is 1.58. The van der Waals surface area contributed by atoms with Gasteiger partial charge < -0.3 is 9.84 Å². The van der Waals surface area contributed by atoms with Crippen molar-refractivity contribution in [3.05, 3.63) is 0 Å². The van der Waals surface area contributed by atoms with Crippen LogP contribution in [-0.2, 0) is 9.53 Å². The van der Waals surface area contributed by atoms with E-state index >= 15 is 0 Å². The maximum absolute atomic E-state index is 11.3. The van der Waals surface area contributed by atoms with Gasteiger partial charge in [0.15, 0.2) is 0 Å². The van der Waals surface area contributed by atoms with Gasteiger partial charge in [0, 0.05) is 6.92 Å². The second kappa shape index (κ2) is 5.72. The Labute approximate surface area is 146 Å². The molecule has 0 saturated heterocycles. The van der Waals surface area contributed by atoms with Gasteiger partial charge in [0.1, 0.15) is 6.10 Å². The number of rotatable bonds is 1. The third-order valence-electron chi connectivity index (χ3n) is 8.75. The van der Waals surface area contributed by atoms with Crippen LogP contribution in [0.2, 0.25) is 0 Å². The summed E-state index contributed by atoms with van der Waals surface area (Å²) in [5.74, 6) is 2.27. The lowest BCUT2D eigenvalue weighted by molar-refractivity contribution is -0.178. The van der Waals surface area contributed by atoms with Crippen molar-refractivity contribution in [1.82, 2.24) is 0 Å². The fourth-order valence-electron chi connectivity index (χ4n) is 7.52. The molecule has 0 heterocycles. The van der Waals surface area contributed by atoms with Crippen molar-refractivity contribution >= 4 is 5.97 Å². The van der Waals surface area contributed by atoms with Gasteiger partial charge in [0.05, 0.1) is 6.10 Å². The Morgan fingerprint density at radius 1 is 1.04 bits per heavy atom. The molecule has 0 amide bonds. The lowest BCUT2D eigenvalue weighted by Gasteiger charge is -2.61. The number of esters is 1. The Morgan fingerprint density at radius 2 is 1.83 bits per heavy atom. The van der Waals surface area contributed by atoms with E-state index in [9.17, 15) is 9.90 Å². The molecule has 4 saturated carbocycles. The number of hydrogen-bond donors (Lipinski definition) is 1. The van der Waals surface area contributed by atoms with Crippen LogP contribution in [-0.4, -0.2) is 23.3 Å². The zero-order chi connectivity index (χ0) is 17.1. The second-order valence-corrected chi connectivity index (χ2v) is 9.89. The highest BCUT2D eigenvalue weighted by molar-refractivity contribution is 5.66. The summed E-state index contributed by atoms with van der Waals surface area (Å²) in [5.41, 5.74) is 0.824. The molecule has 0 aromatic rings. The van der Waals surface area contributed by atoms with Crippen molar-refractivity contribution in [2.45, 2.75) is 90.8 Å². The van der Waals surface area contributed by atoms with Crippen LogP contribution < -0.4 is 0 Å². The minimum Gasteiger partial charge on any atom is -0.463 e. The molecule has 24 heavy (non-hydrogen) atoms. The first-order valence-electron chi connectivity index (χ1n) is 10.2. The first kappa shape index (κ1) is 16.9. The first-order valence-corrected chi connectivity index (χ1v) is 10.2. The molecule has 1 N–H and O–H groups in total. The zero-order valence-corrected chi connectivity index (χ0v) is 15.6. The van der Waals surface area contributed by atoms with E-state index in [2.05, 4.69) is 13.8 Å². The normalized spacial score (nSPS) is 53.7. The van der Waals surface area contributed by atoms with E-state index in [0.717, 1.165) is 31.6 Å². The second-order valence-electron chi connectivity index (χ2n) is 9.89. The summed E-state index contributed by atoms with van der Waals surface area (Å²) in [6.07, 6.45) is 10.7. The Bertz CT molecular complexity index is 517. The minimum absolute atomic E-state index is 0.0738. The van der Waals surface area contributed by atoms with E-state index in [1.165, 1.54) is 39.0 Å². The molecule has 136 valence electrons. The SMILES string of the molecule is CC(=O)O[C@@H]1CC[C@@]2(C)[C@H](C1)C[C@@H](O)[C@H]1[C@H]3CCC[C@@]3(C)CC[C@H]12. The molecule has 0 radical (unpaired) electrons. The lowest BCUT2D eigenvalue weighted by Crippen LogP contribution is -2.58. The van der Waals surface area contributed by atoms with Crippen LogP contribution in [0.15, 0.2) is 0 Å². The van der Waals surface area contributed by atoms with Crippen molar-refractivity contribution in [1.29, 1.82) is 0 Å². The Morgan fingerprint density at radius 3 is 2.58 bits per heavy atom. The van der Waals surface area contributed by atoms with Crippen LogP contribution in [0, 0.1) is 34.5 Å². The van der Waals surface area contributed by atoms with Gasteiger partial charge in [-0.15, -0.1) is 0 Å². The summed E-state index contributed by atoms with van der Waals surface area (Å²) in [5, 5.41) is 11.1. The lowest BCUT2D eigenvalue weighted by atomic mass is 9.44. The summed E-state index contributed by atoms with van der Waals surface area (Å²) in [7, 11) is 0. The number of hydrogen-bond acceptors (Lipinski definition) is 3. The zero-order valence-electron chi connectivity index (χ0n) is 15.6. The van der Waals surface area contributed by atoms with Gasteiger partial charge in [-0.2, -0.15) is 0 Å². The number of ether oxygens (including phenoxy) is 1. The van der Waals surface area contributed by atoms with Crippen molar-refractivity contribution in [3.8, 4) is 0 Å². The number of carbonyl (C=O) groups is 1. The number of aliphatic hydroxyl groups is 1. The van der Waals surface area contributed by atoms with Crippen molar-refractivity contribution in [2.24, 2.45) is 34.5 Å². The Hall–Kier alpha value is -0.570. The predicted octanol–water partition coefficient (Wildman–Crippen LogP) is 4.32. The van der Waals surface area contributed by atoms with Crippen LogP contribution in [0.1, 0.15) is 78.6 Å². The van der Waals surface area contributed by atoms with E-state index < -0.39 is 0 Å². The van der Waals surface area contributed by atoms with Gasteiger partial charge in [-0.1, -0.05) is 20.3 Å².